The second-order valence-electron chi connectivity index (χ2n) is 6.62. The number of benzene rings is 3. The molecule has 1 N–H and O–H groups in total. The number of hydrogen-bond donors (Lipinski definition) is 1. The van der Waals surface area contributed by atoms with Crippen molar-refractivity contribution >= 4 is 45.3 Å². The predicted molar refractivity (Wildman–Crippen MR) is 115 cm³/mol. The highest BCUT2D eigenvalue weighted by Crippen LogP contribution is 2.32. The van der Waals surface area contributed by atoms with Crippen LogP contribution in [0.5, 0.6) is 0 Å². The second kappa shape index (κ2) is 7.17. The molecule has 2 heterocycles. The van der Waals surface area contributed by atoms with Crippen molar-refractivity contribution in [3.8, 4) is 11.5 Å². The van der Waals surface area contributed by atoms with Crippen molar-refractivity contribution < 1.29 is 13.6 Å². The lowest BCUT2D eigenvalue weighted by Gasteiger charge is -2.07. The Hall–Kier alpha value is -3.90. The summed E-state index contributed by atoms with van der Waals surface area (Å²) in [5, 5.41) is 3.79. The van der Waals surface area contributed by atoms with Gasteiger partial charge in [0.05, 0.1) is 10.6 Å². The number of anilines is 1. The minimum absolute atomic E-state index is 0.0907. The fourth-order valence-electron chi connectivity index (χ4n) is 3.17. The normalized spacial score (nSPS) is 11.1. The number of para-hydroxylation sites is 3. The van der Waals surface area contributed by atoms with Crippen LogP contribution in [-0.4, -0.2) is 10.9 Å². The summed E-state index contributed by atoms with van der Waals surface area (Å²) in [7, 11) is 0. The number of carbonyl (C=O) groups is 1. The summed E-state index contributed by atoms with van der Waals surface area (Å²) in [6.07, 6.45) is 0. The van der Waals surface area contributed by atoms with E-state index in [-0.39, 0.29) is 5.56 Å². The Kier molecular flexibility index (Phi) is 4.34. The van der Waals surface area contributed by atoms with Gasteiger partial charge in [0, 0.05) is 11.1 Å². The van der Waals surface area contributed by atoms with Gasteiger partial charge in [0.15, 0.2) is 5.58 Å². The number of oxazole rings is 1. The van der Waals surface area contributed by atoms with Crippen LogP contribution in [0.2, 0.25) is 5.02 Å². The SMILES string of the molecule is O=C(Nc1ccc(Cl)c(-c2nc3ccccc3o2)c1)c1cc2ccccc2oc1=O. The number of fused-ring (bicyclic) bond motifs is 2. The van der Waals surface area contributed by atoms with E-state index < -0.39 is 11.5 Å². The molecule has 5 rings (SSSR count). The molecule has 0 unspecified atom stereocenters. The molecule has 0 atom stereocenters. The largest absolute Gasteiger partial charge is 0.436 e. The fraction of sp³-hybridized carbons (Fsp3) is 0. The highest BCUT2D eigenvalue weighted by Gasteiger charge is 2.16. The molecule has 6 nitrogen and oxygen atoms in total. The lowest BCUT2D eigenvalue weighted by atomic mass is 10.1. The maximum Gasteiger partial charge on any atom is 0.349 e. The zero-order valence-corrected chi connectivity index (χ0v) is 16.1. The summed E-state index contributed by atoms with van der Waals surface area (Å²) < 4.78 is 11.0. The highest BCUT2D eigenvalue weighted by atomic mass is 35.5. The standard InChI is InChI=1S/C23H13ClN2O4/c24-17-10-9-14(12-15(17)22-26-18-6-2-4-8-20(18)29-22)25-21(27)16-11-13-5-1-3-7-19(13)30-23(16)28/h1-12H,(H,25,27). The summed E-state index contributed by atoms with van der Waals surface area (Å²) in [5.74, 6) is -0.247. The van der Waals surface area contributed by atoms with Crippen LogP contribution in [0.3, 0.4) is 0 Å². The zero-order chi connectivity index (χ0) is 20.7. The van der Waals surface area contributed by atoms with Gasteiger partial charge in [-0.1, -0.05) is 41.9 Å². The van der Waals surface area contributed by atoms with E-state index in [0.29, 0.717) is 44.2 Å². The van der Waals surface area contributed by atoms with E-state index in [0.717, 1.165) is 0 Å². The maximum absolute atomic E-state index is 12.7. The summed E-state index contributed by atoms with van der Waals surface area (Å²) >= 11 is 6.32. The van der Waals surface area contributed by atoms with Crippen LogP contribution >= 0.6 is 11.6 Å². The Bertz CT molecular complexity index is 1450. The van der Waals surface area contributed by atoms with E-state index in [4.69, 9.17) is 20.4 Å². The van der Waals surface area contributed by atoms with E-state index in [1.807, 2.05) is 24.3 Å². The molecular weight excluding hydrogens is 404 g/mol. The van der Waals surface area contributed by atoms with Gasteiger partial charge in [0.1, 0.15) is 16.7 Å². The summed E-state index contributed by atoms with van der Waals surface area (Å²) in [6, 6.07) is 20.8. The molecule has 2 aromatic heterocycles. The number of halogens is 1. The molecule has 0 saturated carbocycles. The van der Waals surface area contributed by atoms with Crippen LogP contribution in [0.15, 0.2) is 86.4 Å². The average molecular weight is 417 g/mol. The number of aromatic nitrogens is 1. The molecule has 0 aliphatic rings. The van der Waals surface area contributed by atoms with Gasteiger partial charge in [-0.25, -0.2) is 9.78 Å². The Balaban J connectivity index is 1.49. The van der Waals surface area contributed by atoms with Gasteiger partial charge in [-0.2, -0.15) is 0 Å². The van der Waals surface area contributed by atoms with Gasteiger partial charge >= 0.3 is 5.63 Å². The van der Waals surface area contributed by atoms with Crippen molar-refractivity contribution in [1.82, 2.24) is 4.98 Å². The van der Waals surface area contributed by atoms with Crippen LogP contribution in [0, 0.1) is 0 Å². The number of nitrogens with one attached hydrogen (secondary N) is 1. The second-order valence-corrected chi connectivity index (χ2v) is 7.03. The number of nitrogens with zero attached hydrogens (tertiary/aromatic N) is 1. The van der Waals surface area contributed by atoms with E-state index >= 15 is 0 Å². The first-order chi connectivity index (χ1) is 14.6. The van der Waals surface area contributed by atoms with Gasteiger partial charge in [0.25, 0.3) is 5.91 Å². The Labute approximate surface area is 174 Å². The Morgan fingerprint density at radius 3 is 2.50 bits per heavy atom. The van der Waals surface area contributed by atoms with Crippen molar-refractivity contribution in [2.24, 2.45) is 0 Å². The monoisotopic (exact) mass is 416 g/mol. The molecule has 0 spiro atoms. The van der Waals surface area contributed by atoms with Crippen molar-refractivity contribution in [1.29, 1.82) is 0 Å². The molecule has 0 saturated heterocycles. The van der Waals surface area contributed by atoms with E-state index in [2.05, 4.69) is 10.3 Å². The van der Waals surface area contributed by atoms with Gasteiger partial charge in [-0.15, -0.1) is 0 Å². The smallest absolute Gasteiger partial charge is 0.349 e. The van der Waals surface area contributed by atoms with Crippen molar-refractivity contribution in [3.63, 3.8) is 0 Å². The molecule has 1 amide bonds. The van der Waals surface area contributed by atoms with Crippen LogP contribution in [0.4, 0.5) is 5.69 Å². The molecule has 0 radical (unpaired) electrons. The van der Waals surface area contributed by atoms with E-state index in [9.17, 15) is 9.59 Å². The molecule has 0 bridgehead atoms. The van der Waals surface area contributed by atoms with Gasteiger partial charge < -0.3 is 14.2 Å². The quantitative estimate of drug-likeness (QED) is 0.392. The highest BCUT2D eigenvalue weighted by molar-refractivity contribution is 6.33. The molecule has 0 fully saturated rings. The maximum atomic E-state index is 12.7. The number of carbonyl (C=O) groups excluding carboxylic acids is 1. The zero-order valence-electron chi connectivity index (χ0n) is 15.4. The first-order valence-electron chi connectivity index (χ1n) is 9.08. The lowest BCUT2D eigenvalue weighted by Crippen LogP contribution is -2.20. The third kappa shape index (κ3) is 3.23. The Morgan fingerprint density at radius 2 is 1.67 bits per heavy atom. The van der Waals surface area contributed by atoms with Gasteiger partial charge in [-0.05, 0) is 42.5 Å². The first-order valence-corrected chi connectivity index (χ1v) is 9.46. The molecule has 30 heavy (non-hydrogen) atoms. The minimum Gasteiger partial charge on any atom is -0.436 e. The number of hydrogen-bond acceptors (Lipinski definition) is 5. The molecule has 5 aromatic rings. The van der Waals surface area contributed by atoms with Gasteiger partial charge in [0.2, 0.25) is 5.89 Å². The van der Waals surface area contributed by atoms with Crippen LogP contribution < -0.4 is 10.9 Å². The summed E-state index contributed by atoms with van der Waals surface area (Å²) in [6.45, 7) is 0. The molecule has 146 valence electrons. The van der Waals surface area contributed by atoms with Crippen molar-refractivity contribution in [2.45, 2.75) is 0 Å². The lowest BCUT2D eigenvalue weighted by molar-refractivity contribution is 0.102. The fourth-order valence-corrected chi connectivity index (χ4v) is 3.37. The number of rotatable bonds is 3. The third-order valence-electron chi connectivity index (χ3n) is 4.63. The van der Waals surface area contributed by atoms with Crippen LogP contribution in [-0.2, 0) is 0 Å². The molecule has 7 heteroatoms. The van der Waals surface area contributed by atoms with E-state index in [1.54, 1.807) is 42.5 Å². The third-order valence-corrected chi connectivity index (χ3v) is 4.96. The summed E-state index contributed by atoms with van der Waals surface area (Å²) in [4.78, 5) is 29.4. The van der Waals surface area contributed by atoms with Crippen LogP contribution in [0.1, 0.15) is 10.4 Å². The van der Waals surface area contributed by atoms with Crippen molar-refractivity contribution in [2.75, 3.05) is 5.32 Å². The number of amides is 1. The summed E-state index contributed by atoms with van der Waals surface area (Å²) in [5.41, 5.74) is 1.92. The van der Waals surface area contributed by atoms with Gasteiger partial charge in [-0.3, -0.25) is 4.79 Å². The molecule has 3 aromatic carbocycles. The predicted octanol–water partition coefficient (Wildman–Crippen LogP) is 5.51. The minimum atomic E-state index is -0.709. The van der Waals surface area contributed by atoms with Crippen LogP contribution in [0.25, 0.3) is 33.5 Å². The average Bonchev–Trinajstić information content (AvgIpc) is 3.18. The molecule has 0 aliphatic heterocycles. The van der Waals surface area contributed by atoms with Crippen molar-refractivity contribution in [3.05, 3.63) is 93.8 Å². The van der Waals surface area contributed by atoms with E-state index in [1.165, 1.54) is 6.07 Å². The first kappa shape index (κ1) is 18.1. The Morgan fingerprint density at radius 1 is 0.900 bits per heavy atom. The topological polar surface area (TPSA) is 85.3 Å². The molecule has 0 aliphatic carbocycles. The molecular formula is C23H13ClN2O4.